The van der Waals surface area contributed by atoms with Crippen molar-refractivity contribution in [2.45, 2.75) is 17.8 Å². The smallest absolute Gasteiger partial charge is 0.270 e. The predicted molar refractivity (Wildman–Crippen MR) is 82.4 cm³/mol. The van der Waals surface area contributed by atoms with Gasteiger partial charge in [-0.1, -0.05) is 45.5 Å². The minimum atomic E-state index is -3.77. The zero-order valence-corrected chi connectivity index (χ0v) is 14.0. The summed E-state index contributed by atoms with van der Waals surface area (Å²) in [5.41, 5.74) is 0.799. The second-order valence-corrected chi connectivity index (χ2v) is 7.74. The van der Waals surface area contributed by atoms with E-state index in [0.29, 0.717) is 0 Å². The quantitative estimate of drug-likeness (QED) is 0.757. The molecule has 0 fully saturated rings. The molecular weight excluding hydrogens is 380 g/mol. The van der Waals surface area contributed by atoms with Crippen LogP contribution in [0.25, 0.3) is 0 Å². The van der Waals surface area contributed by atoms with Crippen LogP contribution in [-0.2, 0) is 21.4 Å². The van der Waals surface area contributed by atoms with Gasteiger partial charge in [-0.25, -0.2) is 13.1 Å². The molecule has 0 saturated heterocycles. The van der Waals surface area contributed by atoms with Crippen LogP contribution in [0.15, 0.2) is 33.1 Å². The van der Waals surface area contributed by atoms with E-state index in [-0.39, 0.29) is 21.9 Å². The minimum absolute atomic E-state index is 0.124. The van der Waals surface area contributed by atoms with Gasteiger partial charge in [0, 0.05) is 17.9 Å². The van der Waals surface area contributed by atoms with E-state index in [1.807, 2.05) is 18.2 Å². The van der Waals surface area contributed by atoms with Crippen molar-refractivity contribution in [2.24, 2.45) is 0 Å². The summed E-state index contributed by atoms with van der Waals surface area (Å²) in [6.07, 6.45) is 0. The van der Waals surface area contributed by atoms with E-state index >= 15 is 0 Å². The number of hydrogen-bond donors (Lipinski definition) is 2. The Balaban J connectivity index is 2.10. The van der Waals surface area contributed by atoms with Gasteiger partial charge in [0.05, 0.1) is 0 Å². The van der Waals surface area contributed by atoms with Crippen LogP contribution in [0.1, 0.15) is 12.5 Å². The molecule has 1 aromatic carbocycles. The van der Waals surface area contributed by atoms with E-state index in [1.54, 1.807) is 6.07 Å². The summed E-state index contributed by atoms with van der Waals surface area (Å²) < 4.78 is 27.2. The molecule has 1 amide bonds. The van der Waals surface area contributed by atoms with E-state index in [2.05, 4.69) is 36.2 Å². The van der Waals surface area contributed by atoms with Gasteiger partial charge in [0.25, 0.3) is 10.0 Å². The fraction of sp³-hybridized carbons (Fsp3) is 0.182. The van der Waals surface area contributed by atoms with Crippen LogP contribution in [0, 0.1) is 0 Å². The monoisotopic (exact) mass is 390 g/mol. The Morgan fingerprint density at radius 3 is 2.71 bits per heavy atom. The number of nitrogens with one attached hydrogen (secondary N) is 2. The molecule has 2 aromatic rings. The second-order valence-electron chi connectivity index (χ2n) is 3.97. The highest BCUT2D eigenvalue weighted by Crippen LogP contribution is 2.21. The molecule has 0 bridgehead atoms. The van der Waals surface area contributed by atoms with Gasteiger partial charge in [-0.3, -0.25) is 4.79 Å². The van der Waals surface area contributed by atoms with E-state index in [0.717, 1.165) is 21.4 Å². The number of benzene rings is 1. The molecule has 0 unspecified atom stereocenters. The SMILES string of the molecule is CC(=O)Nc1nnc(S(=O)(=O)NCc2ccccc2Br)s1. The Hall–Kier alpha value is -1.36. The first-order valence-electron chi connectivity index (χ1n) is 5.72. The number of sulfonamides is 1. The maximum absolute atomic E-state index is 12.1. The first-order chi connectivity index (χ1) is 9.88. The molecule has 0 saturated carbocycles. The molecule has 0 aliphatic rings. The number of nitrogens with zero attached hydrogens (tertiary/aromatic N) is 2. The molecule has 1 heterocycles. The Morgan fingerprint density at radius 2 is 2.05 bits per heavy atom. The van der Waals surface area contributed by atoms with Gasteiger partial charge in [-0.2, -0.15) is 0 Å². The lowest BCUT2D eigenvalue weighted by Gasteiger charge is -2.05. The molecule has 2 N–H and O–H groups in total. The highest BCUT2D eigenvalue weighted by molar-refractivity contribution is 9.10. The molecule has 112 valence electrons. The fourth-order valence-electron chi connectivity index (χ4n) is 1.40. The molecule has 0 atom stereocenters. The van der Waals surface area contributed by atoms with Crippen molar-refractivity contribution >= 4 is 48.3 Å². The summed E-state index contributed by atoms with van der Waals surface area (Å²) in [4.78, 5) is 10.9. The number of amides is 1. The van der Waals surface area contributed by atoms with E-state index in [9.17, 15) is 13.2 Å². The van der Waals surface area contributed by atoms with Crippen molar-refractivity contribution in [3.05, 3.63) is 34.3 Å². The molecule has 7 nitrogen and oxygen atoms in total. The van der Waals surface area contributed by atoms with Gasteiger partial charge in [0.15, 0.2) is 0 Å². The number of hydrogen-bond acceptors (Lipinski definition) is 6. The zero-order valence-electron chi connectivity index (χ0n) is 10.8. The number of aromatic nitrogens is 2. The Morgan fingerprint density at radius 1 is 1.33 bits per heavy atom. The normalized spacial score (nSPS) is 11.3. The Labute approximate surface area is 134 Å². The van der Waals surface area contributed by atoms with Gasteiger partial charge < -0.3 is 5.32 Å². The second kappa shape index (κ2) is 6.60. The molecule has 0 radical (unpaired) electrons. The number of carbonyl (C=O) groups is 1. The minimum Gasteiger partial charge on any atom is -0.301 e. The van der Waals surface area contributed by atoms with Crippen LogP contribution in [-0.4, -0.2) is 24.5 Å². The Kier molecular flexibility index (Phi) is 5.04. The largest absolute Gasteiger partial charge is 0.301 e. The maximum atomic E-state index is 12.1. The highest BCUT2D eigenvalue weighted by atomic mass is 79.9. The molecule has 10 heteroatoms. The lowest BCUT2D eigenvalue weighted by molar-refractivity contribution is -0.114. The molecule has 0 spiro atoms. The van der Waals surface area contributed by atoms with Gasteiger partial charge in [-0.15, -0.1) is 10.2 Å². The van der Waals surface area contributed by atoms with Crippen molar-refractivity contribution in [3.63, 3.8) is 0 Å². The predicted octanol–water partition coefficient (Wildman–Crippen LogP) is 1.74. The van der Waals surface area contributed by atoms with E-state index in [1.165, 1.54) is 6.92 Å². The summed E-state index contributed by atoms with van der Waals surface area (Å²) in [6.45, 7) is 1.43. The van der Waals surface area contributed by atoms with Gasteiger partial charge in [0.2, 0.25) is 15.4 Å². The molecule has 21 heavy (non-hydrogen) atoms. The molecular formula is C11H11BrN4O3S2. The van der Waals surface area contributed by atoms with Crippen molar-refractivity contribution in [2.75, 3.05) is 5.32 Å². The van der Waals surface area contributed by atoms with Crippen LogP contribution in [0.2, 0.25) is 0 Å². The first-order valence-corrected chi connectivity index (χ1v) is 8.82. The maximum Gasteiger partial charge on any atom is 0.270 e. The summed E-state index contributed by atoms with van der Waals surface area (Å²) in [6, 6.07) is 7.28. The lowest BCUT2D eigenvalue weighted by Crippen LogP contribution is -2.23. The molecule has 0 aliphatic carbocycles. The zero-order chi connectivity index (χ0) is 15.5. The Bertz CT molecular complexity index is 760. The number of rotatable bonds is 5. The van der Waals surface area contributed by atoms with E-state index < -0.39 is 10.0 Å². The van der Waals surface area contributed by atoms with Crippen LogP contribution in [0.3, 0.4) is 0 Å². The summed E-state index contributed by atoms with van der Waals surface area (Å²) in [5, 5.41) is 9.70. The fourth-order valence-corrected chi connectivity index (χ4v) is 3.81. The van der Waals surface area contributed by atoms with Crippen molar-refractivity contribution < 1.29 is 13.2 Å². The van der Waals surface area contributed by atoms with Crippen LogP contribution < -0.4 is 10.0 Å². The van der Waals surface area contributed by atoms with Crippen LogP contribution in [0.4, 0.5) is 5.13 Å². The van der Waals surface area contributed by atoms with Crippen molar-refractivity contribution in [1.29, 1.82) is 0 Å². The lowest BCUT2D eigenvalue weighted by atomic mass is 10.2. The third-order valence-electron chi connectivity index (χ3n) is 2.33. The van der Waals surface area contributed by atoms with E-state index in [4.69, 9.17) is 0 Å². The highest BCUT2D eigenvalue weighted by Gasteiger charge is 2.20. The van der Waals surface area contributed by atoms with Crippen molar-refractivity contribution in [1.82, 2.24) is 14.9 Å². The van der Waals surface area contributed by atoms with Gasteiger partial charge in [0.1, 0.15) is 0 Å². The average molecular weight is 391 g/mol. The topological polar surface area (TPSA) is 101 Å². The number of anilines is 1. The third kappa shape index (κ3) is 4.30. The van der Waals surface area contributed by atoms with Crippen LogP contribution in [0.5, 0.6) is 0 Å². The van der Waals surface area contributed by atoms with Gasteiger partial charge >= 0.3 is 0 Å². The van der Waals surface area contributed by atoms with Gasteiger partial charge in [-0.05, 0) is 11.6 Å². The van der Waals surface area contributed by atoms with Crippen LogP contribution >= 0.6 is 27.3 Å². The van der Waals surface area contributed by atoms with Crippen molar-refractivity contribution in [3.8, 4) is 0 Å². The standard InChI is InChI=1S/C11H11BrN4O3S2/c1-7(17)14-10-15-16-11(20-10)21(18,19)13-6-8-4-2-3-5-9(8)12/h2-5,13H,6H2,1H3,(H,14,15,17). The summed E-state index contributed by atoms with van der Waals surface area (Å²) >= 11 is 4.13. The third-order valence-corrected chi connectivity index (χ3v) is 5.71. The summed E-state index contributed by atoms with van der Waals surface area (Å²) in [7, 11) is -3.77. The summed E-state index contributed by atoms with van der Waals surface area (Å²) in [5.74, 6) is -0.337. The molecule has 0 aliphatic heterocycles. The first kappa shape index (κ1) is 16.0. The number of halogens is 1. The average Bonchev–Trinajstić information content (AvgIpc) is 2.86. The molecule has 1 aromatic heterocycles. The number of carbonyl (C=O) groups excluding carboxylic acids is 1. The molecule has 2 rings (SSSR count).